The molecule has 1 heterocycles. The van der Waals surface area contributed by atoms with Crippen LogP contribution in [-0.2, 0) is 0 Å². The summed E-state index contributed by atoms with van der Waals surface area (Å²) in [5.74, 6) is 0.813. The van der Waals surface area contributed by atoms with Crippen LogP contribution in [0, 0.1) is 0 Å². The molecule has 0 saturated carbocycles. The van der Waals surface area contributed by atoms with Gasteiger partial charge < -0.3 is 14.7 Å². The molecule has 2 aromatic carbocycles. The summed E-state index contributed by atoms with van der Waals surface area (Å²) in [5, 5.41) is 12.5. The van der Waals surface area contributed by atoms with Crippen LogP contribution < -0.4 is 4.74 Å². The highest BCUT2D eigenvalue weighted by atomic mass is 79.9. The summed E-state index contributed by atoms with van der Waals surface area (Å²) in [5.41, 5.74) is 0. The van der Waals surface area contributed by atoms with Gasteiger partial charge in [-0.2, -0.15) is 0 Å². The largest absolute Gasteiger partial charge is 0.491 e. The first-order valence-electron chi connectivity index (χ1n) is 7.93. The van der Waals surface area contributed by atoms with E-state index in [1.165, 1.54) is 24.6 Å². The number of hydrogen-bond donors (Lipinski definition) is 1. The fourth-order valence-corrected chi connectivity index (χ4v) is 3.35. The van der Waals surface area contributed by atoms with Crippen molar-refractivity contribution in [3.8, 4) is 5.75 Å². The fourth-order valence-electron chi connectivity index (χ4n) is 2.97. The minimum atomic E-state index is -0.432. The predicted molar refractivity (Wildman–Crippen MR) is 93.4 cm³/mol. The molecule has 2 aromatic rings. The van der Waals surface area contributed by atoms with Gasteiger partial charge in [0.2, 0.25) is 0 Å². The molecule has 0 unspecified atom stereocenters. The normalized spacial score (nSPS) is 17.5. The third-order valence-corrected chi connectivity index (χ3v) is 4.63. The number of fused-ring (bicyclic) bond motifs is 1. The molecule has 0 aromatic heterocycles. The predicted octanol–water partition coefficient (Wildman–Crippen LogP) is 3.83. The van der Waals surface area contributed by atoms with Crippen LogP contribution >= 0.6 is 15.9 Å². The summed E-state index contributed by atoms with van der Waals surface area (Å²) in [6, 6.07) is 12.2. The van der Waals surface area contributed by atoms with E-state index < -0.39 is 6.10 Å². The topological polar surface area (TPSA) is 32.7 Å². The van der Waals surface area contributed by atoms with Gasteiger partial charge in [-0.1, -0.05) is 34.5 Å². The third kappa shape index (κ3) is 4.22. The second-order valence-electron chi connectivity index (χ2n) is 5.98. The summed E-state index contributed by atoms with van der Waals surface area (Å²) < 4.78 is 6.83. The number of likely N-dealkylation sites (tertiary alicyclic amines) is 1. The van der Waals surface area contributed by atoms with Crippen molar-refractivity contribution in [1.82, 2.24) is 4.90 Å². The maximum atomic E-state index is 10.1. The Hall–Kier alpha value is -1.10. The van der Waals surface area contributed by atoms with Crippen molar-refractivity contribution in [3.05, 3.63) is 40.9 Å². The van der Waals surface area contributed by atoms with Gasteiger partial charge in [0.15, 0.2) is 0 Å². The van der Waals surface area contributed by atoms with Crippen LogP contribution in [0.5, 0.6) is 5.75 Å². The number of nitrogens with zero attached hydrogens (tertiary/aromatic N) is 1. The lowest BCUT2D eigenvalue weighted by Gasteiger charge is -2.28. The summed E-state index contributed by atoms with van der Waals surface area (Å²) in [7, 11) is 0. The first-order valence-corrected chi connectivity index (χ1v) is 8.72. The van der Waals surface area contributed by atoms with Crippen molar-refractivity contribution in [2.24, 2.45) is 0 Å². The Labute approximate surface area is 140 Å². The van der Waals surface area contributed by atoms with Crippen LogP contribution in [0.15, 0.2) is 40.9 Å². The molecule has 1 aliphatic rings. The minimum Gasteiger partial charge on any atom is -0.491 e. The van der Waals surface area contributed by atoms with Crippen molar-refractivity contribution in [2.75, 3.05) is 26.2 Å². The zero-order chi connectivity index (χ0) is 15.4. The zero-order valence-corrected chi connectivity index (χ0v) is 14.3. The highest BCUT2D eigenvalue weighted by Crippen LogP contribution is 2.24. The molecule has 1 fully saturated rings. The van der Waals surface area contributed by atoms with Gasteiger partial charge in [0.05, 0.1) is 0 Å². The van der Waals surface area contributed by atoms with Crippen molar-refractivity contribution >= 4 is 26.7 Å². The molecule has 1 N–H and O–H groups in total. The van der Waals surface area contributed by atoms with Gasteiger partial charge in [0.25, 0.3) is 0 Å². The number of aliphatic hydroxyl groups excluding tert-OH is 1. The molecule has 1 aliphatic heterocycles. The van der Waals surface area contributed by atoms with Crippen LogP contribution in [0.3, 0.4) is 0 Å². The molecule has 4 heteroatoms. The van der Waals surface area contributed by atoms with Gasteiger partial charge in [0, 0.05) is 11.0 Å². The SMILES string of the molecule is O[C@H](COc1ccc2cc(Br)ccc2c1)CN1CCCCC1. The molecule has 0 aliphatic carbocycles. The Morgan fingerprint density at radius 3 is 2.59 bits per heavy atom. The Morgan fingerprint density at radius 1 is 1.05 bits per heavy atom. The summed E-state index contributed by atoms with van der Waals surface area (Å²) in [6.07, 6.45) is 3.37. The molecular weight excluding hydrogens is 342 g/mol. The average molecular weight is 364 g/mol. The molecule has 1 saturated heterocycles. The first kappa shape index (κ1) is 15.8. The first-order chi connectivity index (χ1) is 10.7. The number of aliphatic hydroxyl groups is 1. The van der Waals surface area contributed by atoms with E-state index in [1.807, 2.05) is 24.3 Å². The highest BCUT2D eigenvalue weighted by molar-refractivity contribution is 9.10. The van der Waals surface area contributed by atoms with E-state index in [2.05, 4.69) is 33.0 Å². The van der Waals surface area contributed by atoms with E-state index in [-0.39, 0.29) is 0 Å². The maximum Gasteiger partial charge on any atom is 0.120 e. The quantitative estimate of drug-likeness (QED) is 0.875. The van der Waals surface area contributed by atoms with Crippen LogP contribution in [-0.4, -0.2) is 42.4 Å². The minimum absolute atomic E-state index is 0.346. The van der Waals surface area contributed by atoms with Crippen LogP contribution in [0.25, 0.3) is 10.8 Å². The van der Waals surface area contributed by atoms with Crippen molar-refractivity contribution in [3.63, 3.8) is 0 Å². The van der Waals surface area contributed by atoms with E-state index in [0.29, 0.717) is 13.2 Å². The van der Waals surface area contributed by atoms with Gasteiger partial charge in [0.1, 0.15) is 18.5 Å². The number of ether oxygens (including phenoxy) is 1. The lowest BCUT2D eigenvalue weighted by molar-refractivity contribution is 0.0618. The van der Waals surface area contributed by atoms with Crippen molar-refractivity contribution in [2.45, 2.75) is 25.4 Å². The Kier molecular flexibility index (Phi) is 5.34. The van der Waals surface area contributed by atoms with Gasteiger partial charge in [-0.3, -0.25) is 0 Å². The van der Waals surface area contributed by atoms with Crippen molar-refractivity contribution in [1.29, 1.82) is 0 Å². The fraction of sp³-hybridized carbons (Fsp3) is 0.444. The zero-order valence-electron chi connectivity index (χ0n) is 12.7. The lowest BCUT2D eigenvalue weighted by Crippen LogP contribution is -2.38. The molecule has 0 spiro atoms. The second kappa shape index (κ2) is 7.44. The molecule has 0 amide bonds. The van der Waals surface area contributed by atoms with Gasteiger partial charge in [-0.15, -0.1) is 0 Å². The second-order valence-corrected chi connectivity index (χ2v) is 6.90. The summed E-state index contributed by atoms with van der Waals surface area (Å²) >= 11 is 3.48. The number of piperidine rings is 1. The van der Waals surface area contributed by atoms with Crippen LogP contribution in [0.1, 0.15) is 19.3 Å². The molecule has 3 nitrogen and oxygen atoms in total. The molecule has 1 atom stereocenters. The smallest absolute Gasteiger partial charge is 0.120 e. The van der Waals surface area contributed by atoms with Crippen molar-refractivity contribution < 1.29 is 9.84 Å². The van der Waals surface area contributed by atoms with Crippen LogP contribution in [0.2, 0.25) is 0 Å². The lowest BCUT2D eigenvalue weighted by atomic mass is 10.1. The van der Waals surface area contributed by atoms with Crippen LogP contribution in [0.4, 0.5) is 0 Å². The Balaban J connectivity index is 1.55. The molecular formula is C18H22BrNO2. The molecule has 3 rings (SSSR count). The average Bonchev–Trinajstić information content (AvgIpc) is 2.54. The number of hydrogen-bond acceptors (Lipinski definition) is 3. The number of halogens is 1. The number of rotatable bonds is 5. The molecule has 0 bridgehead atoms. The van der Waals surface area contributed by atoms with Gasteiger partial charge >= 0.3 is 0 Å². The van der Waals surface area contributed by atoms with E-state index in [1.54, 1.807) is 0 Å². The maximum absolute atomic E-state index is 10.1. The Bertz CT molecular complexity index is 626. The molecule has 118 valence electrons. The van der Waals surface area contributed by atoms with E-state index in [4.69, 9.17) is 4.74 Å². The monoisotopic (exact) mass is 363 g/mol. The van der Waals surface area contributed by atoms with E-state index >= 15 is 0 Å². The van der Waals surface area contributed by atoms with E-state index in [0.717, 1.165) is 28.7 Å². The van der Waals surface area contributed by atoms with Gasteiger partial charge in [-0.25, -0.2) is 0 Å². The third-order valence-electron chi connectivity index (χ3n) is 4.13. The van der Waals surface area contributed by atoms with Gasteiger partial charge in [-0.05, 0) is 61.0 Å². The Morgan fingerprint density at radius 2 is 1.77 bits per heavy atom. The molecule has 0 radical (unpaired) electrons. The highest BCUT2D eigenvalue weighted by Gasteiger charge is 2.15. The summed E-state index contributed by atoms with van der Waals surface area (Å²) in [4.78, 5) is 2.33. The van der Waals surface area contributed by atoms with E-state index in [9.17, 15) is 5.11 Å². The molecule has 22 heavy (non-hydrogen) atoms. The summed E-state index contributed by atoms with van der Waals surface area (Å²) in [6.45, 7) is 3.25. The number of benzene rings is 2. The standard InChI is InChI=1S/C18H22BrNO2/c19-16-6-4-15-11-18(7-5-14(15)10-16)22-13-17(21)12-20-8-2-1-3-9-20/h4-7,10-11,17,21H,1-3,8-9,12-13H2/t17-/m0/s1. The number of β-amino-alcohol motifs (C(OH)–C–C–N with tert-alkyl or cyclic N) is 1.